The Labute approximate surface area is 154 Å². The lowest BCUT2D eigenvalue weighted by atomic mass is 10.1. The summed E-state index contributed by atoms with van der Waals surface area (Å²) in [6.07, 6.45) is 3.40. The number of piperidine rings is 1. The van der Waals surface area contributed by atoms with E-state index in [0.29, 0.717) is 24.7 Å². The van der Waals surface area contributed by atoms with E-state index >= 15 is 0 Å². The van der Waals surface area contributed by atoms with Crippen LogP contribution in [0.25, 0.3) is 0 Å². The van der Waals surface area contributed by atoms with Crippen LogP contribution in [-0.4, -0.2) is 41.2 Å². The molecular formula is C20H25N3O3. The van der Waals surface area contributed by atoms with Crippen molar-refractivity contribution in [3.8, 4) is 11.6 Å². The van der Waals surface area contributed by atoms with Crippen LogP contribution >= 0.6 is 0 Å². The number of carbonyl (C=O) groups excluding carboxylic acids is 1. The Balaban J connectivity index is 1.53. The number of urea groups is 1. The molecule has 1 aliphatic heterocycles. The van der Waals surface area contributed by atoms with Gasteiger partial charge in [-0.3, -0.25) is 0 Å². The number of anilines is 1. The van der Waals surface area contributed by atoms with Crippen LogP contribution in [0.4, 0.5) is 10.5 Å². The smallest absolute Gasteiger partial charge is 0.321 e. The normalized spacial score (nSPS) is 15.0. The summed E-state index contributed by atoms with van der Waals surface area (Å²) < 4.78 is 11.6. The number of para-hydroxylation sites is 1. The molecule has 1 fully saturated rings. The first-order valence-electron chi connectivity index (χ1n) is 9.01. The molecule has 26 heavy (non-hydrogen) atoms. The molecule has 0 aliphatic carbocycles. The highest BCUT2D eigenvalue weighted by Crippen LogP contribution is 2.23. The molecule has 1 aromatic carbocycles. The van der Waals surface area contributed by atoms with Gasteiger partial charge in [-0.1, -0.05) is 18.2 Å². The fourth-order valence-electron chi connectivity index (χ4n) is 2.87. The van der Waals surface area contributed by atoms with Crippen molar-refractivity contribution in [2.75, 3.05) is 18.4 Å². The minimum absolute atomic E-state index is 0.00793. The van der Waals surface area contributed by atoms with E-state index in [1.165, 1.54) is 0 Å². The van der Waals surface area contributed by atoms with Crippen LogP contribution < -0.4 is 14.8 Å². The molecule has 0 bridgehead atoms. The molecule has 138 valence electrons. The van der Waals surface area contributed by atoms with Crippen molar-refractivity contribution in [2.24, 2.45) is 0 Å². The van der Waals surface area contributed by atoms with Gasteiger partial charge in [0.1, 0.15) is 17.5 Å². The third-order valence-corrected chi connectivity index (χ3v) is 4.14. The zero-order valence-corrected chi connectivity index (χ0v) is 15.2. The molecule has 1 aromatic heterocycles. The number of hydrogen-bond acceptors (Lipinski definition) is 4. The molecule has 1 N–H and O–H groups in total. The number of hydrogen-bond donors (Lipinski definition) is 1. The first kappa shape index (κ1) is 18.0. The number of pyridine rings is 1. The van der Waals surface area contributed by atoms with Gasteiger partial charge in [0.05, 0.1) is 6.10 Å². The topological polar surface area (TPSA) is 63.7 Å². The second kappa shape index (κ2) is 8.56. The van der Waals surface area contributed by atoms with Gasteiger partial charge in [0.25, 0.3) is 0 Å². The Morgan fingerprint density at radius 3 is 2.58 bits per heavy atom. The number of carbonyl (C=O) groups is 1. The highest BCUT2D eigenvalue weighted by Gasteiger charge is 2.24. The van der Waals surface area contributed by atoms with Gasteiger partial charge in [0, 0.05) is 32.1 Å². The average molecular weight is 355 g/mol. The predicted octanol–water partition coefficient (Wildman–Crippen LogP) is 3.94. The van der Waals surface area contributed by atoms with Crippen LogP contribution in [0.15, 0.2) is 48.7 Å². The number of likely N-dealkylation sites (tertiary alicyclic amines) is 1. The van der Waals surface area contributed by atoms with E-state index < -0.39 is 0 Å². The molecule has 6 heteroatoms. The molecule has 1 aliphatic rings. The summed E-state index contributed by atoms with van der Waals surface area (Å²) in [5, 5.41) is 2.91. The van der Waals surface area contributed by atoms with Crippen molar-refractivity contribution in [3.63, 3.8) is 0 Å². The molecule has 0 saturated carbocycles. The summed E-state index contributed by atoms with van der Waals surface area (Å²) in [4.78, 5) is 18.6. The van der Waals surface area contributed by atoms with Gasteiger partial charge in [-0.05, 0) is 38.1 Å². The lowest BCUT2D eigenvalue weighted by Crippen LogP contribution is -2.43. The third kappa shape index (κ3) is 4.88. The molecule has 0 radical (unpaired) electrons. The molecule has 0 spiro atoms. The number of rotatable bonds is 5. The van der Waals surface area contributed by atoms with Crippen LogP contribution in [0.5, 0.6) is 11.6 Å². The molecule has 3 rings (SSSR count). The van der Waals surface area contributed by atoms with Crippen LogP contribution in [0.3, 0.4) is 0 Å². The second-order valence-corrected chi connectivity index (χ2v) is 6.57. The Kier molecular flexibility index (Phi) is 5.94. The van der Waals surface area contributed by atoms with E-state index in [4.69, 9.17) is 9.47 Å². The summed E-state index contributed by atoms with van der Waals surface area (Å²) in [6, 6.07) is 13.2. The van der Waals surface area contributed by atoms with Gasteiger partial charge in [-0.25, -0.2) is 9.78 Å². The summed E-state index contributed by atoms with van der Waals surface area (Å²) in [5.74, 6) is 1.32. The van der Waals surface area contributed by atoms with Crippen molar-refractivity contribution >= 4 is 11.7 Å². The number of nitrogens with zero attached hydrogens (tertiary/aromatic N) is 2. The summed E-state index contributed by atoms with van der Waals surface area (Å²) in [7, 11) is 0. The van der Waals surface area contributed by atoms with Crippen LogP contribution in [0.1, 0.15) is 26.7 Å². The maximum Gasteiger partial charge on any atom is 0.321 e. The van der Waals surface area contributed by atoms with Crippen molar-refractivity contribution in [1.29, 1.82) is 0 Å². The number of ether oxygens (including phenoxy) is 2. The number of amides is 2. The van der Waals surface area contributed by atoms with Crippen LogP contribution in [0, 0.1) is 0 Å². The van der Waals surface area contributed by atoms with Gasteiger partial charge in [-0.15, -0.1) is 0 Å². The van der Waals surface area contributed by atoms with Crippen LogP contribution in [-0.2, 0) is 0 Å². The predicted molar refractivity (Wildman–Crippen MR) is 101 cm³/mol. The quantitative estimate of drug-likeness (QED) is 0.882. The monoisotopic (exact) mass is 355 g/mol. The first-order valence-corrected chi connectivity index (χ1v) is 9.01. The van der Waals surface area contributed by atoms with Gasteiger partial charge >= 0.3 is 6.03 Å². The van der Waals surface area contributed by atoms with E-state index in [1.54, 1.807) is 23.2 Å². The summed E-state index contributed by atoms with van der Waals surface area (Å²) in [5.41, 5.74) is 0.592. The molecule has 0 atom stereocenters. The lowest BCUT2D eigenvalue weighted by molar-refractivity contribution is 0.115. The average Bonchev–Trinajstić information content (AvgIpc) is 2.64. The maximum absolute atomic E-state index is 12.6. The molecular weight excluding hydrogens is 330 g/mol. The molecule has 0 unspecified atom stereocenters. The molecule has 2 amide bonds. The van der Waals surface area contributed by atoms with Gasteiger partial charge in [0.2, 0.25) is 5.88 Å². The van der Waals surface area contributed by atoms with E-state index in [9.17, 15) is 4.79 Å². The fraction of sp³-hybridized carbons (Fsp3) is 0.400. The Morgan fingerprint density at radius 2 is 1.88 bits per heavy atom. The van der Waals surface area contributed by atoms with Gasteiger partial charge in [0.15, 0.2) is 0 Å². The van der Waals surface area contributed by atoms with E-state index in [0.717, 1.165) is 18.6 Å². The second-order valence-electron chi connectivity index (χ2n) is 6.57. The van der Waals surface area contributed by atoms with Crippen LogP contribution in [0.2, 0.25) is 0 Å². The molecule has 2 heterocycles. The Morgan fingerprint density at radius 1 is 1.15 bits per heavy atom. The minimum Gasteiger partial charge on any atom is -0.490 e. The van der Waals surface area contributed by atoms with E-state index in [1.807, 2.05) is 44.2 Å². The standard InChI is InChI=1S/C20H25N3O3/c1-15(2)25-19-18(9-6-12-21-19)22-20(24)23-13-10-17(11-14-23)26-16-7-4-3-5-8-16/h3-9,12,15,17H,10-11,13-14H2,1-2H3,(H,22,24). The van der Waals surface area contributed by atoms with Gasteiger partial charge in [-0.2, -0.15) is 0 Å². The molecule has 1 saturated heterocycles. The van der Waals surface area contributed by atoms with Crippen molar-refractivity contribution in [2.45, 2.75) is 38.9 Å². The highest BCUT2D eigenvalue weighted by atomic mass is 16.5. The van der Waals surface area contributed by atoms with Crippen molar-refractivity contribution in [1.82, 2.24) is 9.88 Å². The Bertz CT molecular complexity index is 713. The zero-order chi connectivity index (χ0) is 18.4. The zero-order valence-electron chi connectivity index (χ0n) is 15.2. The Hall–Kier alpha value is -2.76. The SMILES string of the molecule is CC(C)Oc1ncccc1NC(=O)N1CCC(Oc2ccccc2)CC1. The van der Waals surface area contributed by atoms with E-state index in [-0.39, 0.29) is 18.2 Å². The summed E-state index contributed by atoms with van der Waals surface area (Å²) >= 11 is 0. The van der Waals surface area contributed by atoms with E-state index in [2.05, 4.69) is 10.3 Å². The minimum atomic E-state index is -0.134. The third-order valence-electron chi connectivity index (χ3n) is 4.14. The number of aromatic nitrogens is 1. The van der Waals surface area contributed by atoms with Crippen molar-refractivity contribution in [3.05, 3.63) is 48.7 Å². The first-order chi connectivity index (χ1) is 12.6. The summed E-state index contributed by atoms with van der Waals surface area (Å²) in [6.45, 7) is 5.17. The highest BCUT2D eigenvalue weighted by molar-refractivity contribution is 5.90. The lowest BCUT2D eigenvalue weighted by Gasteiger charge is -2.32. The maximum atomic E-state index is 12.6. The molecule has 2 aromatic rings. The number of nitrogens with one attached hydrogen (secondary N) is 1. The fourth-order valence-corrected chi connectivity index (χ4v) is 2.87. The molecule has 6 nitrogen and oxygen atoms in total. The van der Waals surface area contributed by atoms with Crippen molar-refractivity contribution < 1.29 is 14.3 Å². The van der Waals surface area contributed by atoms with Gasteiger partial charge < -0.3 is 19.7 Å². The largest absolute Gasteiger partial charge is 0.490 e. The number of benzene rings is 1.